The van der Waals surface area contributed by atoms with Gasteiger partial charge in [0.15, 0.2) is 0 Å². The van der Waals surface area contributed by atoms with Gasteiger partial charge in [-0.15, -0.1) is 45.3 Å². The molecule has 4 aliphatic carbocycles. The molecule has 20 rings (SSSR count). The number of nitrogens with zero attached hydrogens (tertiary/aromatic N) is 8. The predicted octanol–water partition coefficient (Wildman–Crippen LogP) is 20.1. The number of likely N-dealkylation sites (N-methyl/N-ethyl adjacent to an activating group) is 3. The summed E-state index contributed by atoms with van der Waals surface area (Å²) < 4.78 is 6.18. The van der Waals surface area contributed by atoms with Crippen molar-refractivity contribution in [2.24, 2.45) is 29.4 Å². The van der Waals surface area contributed by atoms with Crippen LogP contribution in [0, 0.1) is 23.7 Å². The van der Waals surface area contributed by atoms with Crippen molar-refractivity contribution in [1.29, 1.82) is 0 Å². The molecule has 5 aliphatic heterocycles. The van der Waals surface area contributed by atoms with E-state index in [1.807, 2.05) is 100 Å². The van der Waals surface area contributed by atoms with Crippen molar-refractivity contribution >= 4 is 148 Å². The van der Waals surface area contributed by atoms with Gasteiger partial charge in [0, 0.05) is 88.2 Å². The van der Waals surface area contributed by atoms with Crippen LogP contribution in [0.15, 0.2) is 168 Å². The first-order valence-corrected chi connectivity index (χ1v) is 55.8. The van der Waals surface area contributed by atoms with Gasteiger partial charge in [0.2, 0.25) is 47.3 Å². The minimum atomic E-state index is -0.778. The van der Waals surface area contributed by atoms with Crippen LogP contribution >= 0.6 is 68.5 Å². The van der Waals surface area contributed by atoms with Crippen LogP contribution < -0.4 is 43.0 Å². The molecule has 5 saturated heterocycles. The average molecular weight is 2040 g/mol. The molecule has 8 amide bonds. The summed E-state index contributed by atoms with van der Waals surface area (Å²) in [5, 5.41) is 38.8. The van der Waals surface area contributed by atoms with Gasteiger partial charge >= 0.3 is 0 Å². The molecule has 0 spiro atoms. The number of benzene rings is 7. The molecule has 9 N–H and O–H groups in total. The fourth-order valence-corrected chi connectivity index (χ4v) is 26.5. The number of hydrogen-bond donors (Lipinski definition) is 8. The highest BCUT2D eigenvalue weighted by Crippen LogP contribution is 2.47. The van der Waals surface area contributed by atoms with Crippen molar-refractivity contribution in [3.8, 4) is 45.0 Å². The van der Waals surface area contributed by atoms with Crippen LogP contribution in [0.4, 0.5) is 0 Å². The molecule has 7 aromatic carbocycles. The number of likely N-dealkylation sites (tertiary alicyclic amines) is 4. The van der Waals surface area contributed by atoms with Crippen molar-refractivity contribution in [3.05, 3.63) is 197 Å². The highest BCUT2D eigenvalue weighted by Gasteiger charge is 2.50. The predicted molar refractivity (Wildman–Crippen MR) is 570 cm³/mol. The normalized spacial score (nSPS) is 21.0. The zero-order valence-corrected chi connectivity index (χ0v) is 87.2. The summed E-state index contributed by atoms with van der Waals surface area (Å²) in [4.78, 5) is 135. The second kappa shape index (κ2) is 48.3. The van der Waals surface area contributed by atoms with E-state index in [1.165, 1.54) is 41.4 Å². The van der Waals surface area contributed by atoms with Crippen molar-refractivity contribution < 1.29 is 43.1 Å². The summed E-state index contributed by atoms with van der Waals surface area (Å²) in [5.41, 5.74) is 13.3. The smallest absolute Gasteiger partial charge is 0.246 e. The first-order valence-electron chi connectivity index (χ1n) is 51.6. The van der Waals surface area contributed by atoms with Gasteiger partial charge in [-0.05, 0) is 214 Å². The van der Waals surface area contributed by atoms with Crippen LogP contribution in [-0.4, -0.2) is 195 Å². The highest BCUT2D eigenvalue weighted by molar-refractivity contribution is 7.16. The lowest BCUT2D eigenvalue weighted by Gasteiger charge is -2.35. The van der Waals surface area contributed by atoms with Crippen molar-refractivity contribution in [2.75, 3.05) is 60.5 Å². The summed E-state index contributed by atoms with van der Waals surface area (Å²) in [6.07, 6.45) is 26.4. The van der Waals surface area contributed by atoms with E-state index in [1.54, 1.807) is 62.1 Å². The van der Waals surface area contributed by atoms with E-state index in [0.717, 1.165) is 239 Å². The van der Waals surface area contributed by atoms with Gasteiger partial charge < -0.3 is 67.3 Å². The first-order chi connectivity index (χ1) is 69.1. The van der Waals surface area contributed by atoms with Crippen LogP contribution in [0.3, 0.4) is 0 Å². The molecule has 31 heteroatoms. The Labute approximate surface area is 860 Å². The average Bonchev–Trinajstić information content (AvgIpc) is 1.61. The quantitative estimate of drug-likeness (QED) is 0.0237. The molecule has 25 nitrogen and oxygen atoms in total. The largest absolute Gasteiger partial charge is 0.381 e. The maximum atomic E-state index is 14.0. The third kappa shape index (κ3) is 24.0. The van der Waals surface area contributed by atoms with E-state index in [4.69, 9.17) is 53.6 Å². The molecule has 9 fully saturated rings. The number of rotatable bonds is 27. The van der Waals surface area contributed by atoms with Crippen LogP contribution in [0.25, 0.3) is 77.3 Å². The number of fused-ring (bicyclic) bond motifs is 3. The molecule has 11 atom stereocenters. The van der Waals surface area contributed by atoms with Crippen LogP contribution in [0.1, 0.15) is 238 Å². The van der Waals surface area contributed by atoms with Gasteiger partial charge in [-0.2, -0.15) is 0 Å². The monoisotopic (exact) mass is 2030 g/mol. The number of hydrogen-bond acceptors (Lipinski definition) is 21. The molecular weight excluding hydrogens is 1900 g/mol. The molecule has 9 heterocycles. The van der Waals surface area contributed by atoms with Gasteiger partial charge in [0.1, 0.15) is 54.2 Å². The number of carbonyl (C=O) groups is 8. The van der Waals surface area contributed by atoms with Crippen molar-refractivity contribution in [2.45, 2.75) is 266 Å². The molecule has 0 unspecified atom stereocenters. The maximum absolute atomic E-state index is 14.0. The molecular formula is C111H136Cl2N16O9S4. The minimum Gasteiger partial charge on any atom is -0.381 e. The lowest BCUT2D eigenvalue weighted by atomic mass is 9.83. The molecule has 752 valence electrons. The Balaban J connectivity index is 0.000000130. The molecule has 0 bridgehead atoms. The number of ether oxygens (including phenoxy) is 1. The van der Waals surface area contributed by atoms with E-state index in [0.29, 0.717) is 50.0 Å². The van der Waals surface area contributed by atoms with Crippen molar-refractivity contribution in [3.63, 3.8) is 0 Å². The fourth-order valence-electron chi connectivity index (χ4n) is 22.0. The summed E-state index contributed by atoms with van der Waals surface area (Å²) in [5.74, 6) is 0.182. The molecule has 11 aromatic rings. The lowest BCUT2D eigenvalue weighted by Crippen LogP contribution is -2.56. The highest BCUT2D eigenvalue weighted by atomic mass is 35.5. The lowest BCUT2D eigenvalue weighted by molar-refractivity contribution is -0.140. The number of carbonyl (C=O) groups excluding carboxylic acids is 8. The second-order valence-electron chi connectivity index (χ2n) is 39.9. The summed E-state index contributed by atoms with van der Waals surface area (Å²) in [7, 11) is 5.28. The number of aromatic nitrogens is 4. The Morgan fingerprint density at radius 1 is 0.373 bits per heavy atom. The number of amides is 8. The van der Waals surface area contributed by atoms with Gasteiger partial charge in [-0.1, -0.05) is 227 Å². The molecule has 142 heavy (non-hydrogen) atoms. The van der Waals surface area contributed by atoms with Gasteiger partial charge in [0.05, 0.1) is 64.9 Å². The van der Waals surface area contributed by atoms with Crippen LogP contribution in [-0.2, 0) is 43.1 Å². The first kappa shape index (κ1) is 103. The van der Waals surface area contributed by atoms with Crippen LogP contribution in [0.5, 0.6) is 0 Å². The zero-order chi connectivity index (χ0) is 99.1. The molecule has 0 radical (unpaired) electrons. The Kier molecular flexibility index (Phi) is 35.2. The van der Waals surface area contributed by atoms with Crippen molar-refractivity contribution in [1.82, 2.24) is 76.8 Å². The molecule has 9 aliphatic rings. The standard InChI is InChI=1S/C29H35ClN4O2S.C29H34N4O2S.C28H33ClN4O3S.C25H34N4O2S/c1-18(31-2)27(35)32-24(20-11-4-3-5-12-20)29(36)34-17-9-16-23(34)28-33-25(26(30)37-28)22-15-8-13-19-10-6-7-14-21(19)22;30-29(15-16-29)28(35)32-25(20-9-2-1-3-10-20)27(34)33-17-7-14-24(33)26-31-23(18-36-26)22-13-6-11-19-8-4-5-12-21(19)22;1-17(30-2)26(34)32-25(18-11-14-36-15-12-18)28(35)33-13-5-8-24(33)27-31-23(16-37-27)21-9-10-22(29)20-7-4-3-6-19(20)21;1-17(26-2)23(30)28-22(19-12-7-4-8-13-19)25(31)29-15-9-14-21(29)24-27-20(16-32-24)18-10-5-3-6-11-18/h6-8,10,13-15,18,20,23-24,31H,3-5,9,11-12,16-17H2,1-2H3,(H,32,35);4-6,8,11-13,18,20,24-25H,1-3,7,9-10,14-17,30H2,(H,32,35);3-4,6-7,9-10,16-18,24-25,30H,5,8,11-15H2,1-2H3,(H,32,34);3,5-6,10-11,16-17,19,21-22,26H,4,7-9,12-15H2,1-2H3,(H,28,30)/t18-,23-,24-;24-,25-;17-,24-,25-;17-,21-,22-/m0000/s1. The third-order valence-electron chi connectivity index (χ3n) is 30.8. The van der Waals surface area contributed by atoms with E-state index in [9.17, 15) is 38.4 Å². The molecule has 4 saturated carbocycles. The van der Waals surface area contributed by atoms with Gasteiger partial charge in [-0.25, -0.2) is 19.9 Å². The Morgan fingerprint density at radius 3 is 1.15 bits per heavy atom. The van der Waals surface area contributed by atoms with E-state index < -0.39 is 29.7 Å². The Morgan fingerprint density at radius 2 is 0.725 bits per heavy atom. The SMILES string of the molecule is CN[C@@H](C)C(=O)N[C@H](C(=O)N1CCC[C@H]1c1nc(-c2ccc(Cl)c3ccccc23)cs1)C1CCOCC1.CN[C@@H](C)C(=O)N[C@H](C(=O)N1CCC[C@H]1c1nc(-c2cccc3ccccc23)c(Cl)s1)C1CCCCC1.CN[C@@H](C)C(=O)N[C@H](C(=O)N1CCC[C@H]1c1nc(-c2ccccc2)cs1)C1CCCCC1.NC1(C(=O)N[C@H](C(=O)N2CCC[C@H]2c2nc(-c3cccc4ccccc34)cs2)C2CCCCC2)CC1. The van der Waals surface area contributed by atoms with Crippen LogP contribution in [0.2, 0.25) is 9.36 Å². The summed E-state index contributed by atoms with van der Waals surface area (Å²) in [6.45, 7) is 9.45. The number of thiazole rings is 4. The summed E-state index contributed by atoms with van der Waals surface area (Å²) in [6, 6.07) is 47.9. The zero-order valence-electron chi connectivity index (χ0n) is 82.4. The maximum Gasteiger partial charge on any atom is 0.246 e. The van der Waals surface area contributed by atoms with Gasteiger partial charge in [-0.3, -0.25) is 38.4 Å². The topological polar surface area (TPSA) is 321 Å². The fraction of sp³-hybridized carbons (Fsp3) is 0.495. The number of nitrogens with one attached hydrogen (secondary N) is 7. The third-order valence-corrected chi connectivity index (χ3v) is 35.4. The number of halogens is 2. The Hall–Kier alpha value is -10.0. The van der Waals surface area contributed by atoms with E-state index in [-0.39, 0.29) is 113 Å². The van der Waals surface area contributed by atoms with E-state index in [2.05, 4.69) is 138 Å². The minimum absolute atomic E-state index is 0.00493. The second-order valence-corrected chi connectivity index (χ2v) is 44.7. The van der Waals surface area contributed by atoms with E-state index >= 15 is 0 Å². The van der Waals surface area contributed by atoms with Gasteiger partial charge in [0.25, 0.3) is 0 Å². The number of nitrogens with two attached hydrogens (primary N) is 1. The molecule has 4 aromatic heterocycles. The summed E-state index contributed by atoms with van der Waals surface area (Å²) >= 11 is 19.5. The Bertz CT molecular complexity index is 6200.